The fourth-order valence-electron chi connectivity index (χ4n) is 2.24. The first kappa shape index (κ1) is 16.7. The van der Waals surface area contributed by atoms with Crippen molar-refractivity contribution in [2.75, 3.05) is 26.8 Å². The van der Waals surface area contributed by atoms with Crippen molar-refractivity contribution < 1.29 is 19.1 Å². The Morgan fingerprint density at radius 2 is 2.38 bits per heavy atom. The molecule has 2 rings (SSSR count). The summed E-state index contributed by atoms with van der Waals surface area (Å²) in [5.74, 6) is -0.353. The number of ether oxygens (including phenoxy) is 2. The maximum atomic E-state index is 12.6. The molecule has 1 aliphatic rings. The maximum absolute atomic E-state index is 12.6. The number of hydrogen-bond donors (Lipinski definition) is 0. The van der Waals surface area contributed by atoms with E-state index in [2.05, 4.69) is 27.3 Å². The van der Waals surface area contributed by atoms with Crippen molar-refractivity contribution in [3.05, 3.63) is 19.9 Å². The molecular formula is C14H18INO4S. The average molecular weight is 423 g/mol. The minimum absolute atomic E-state index is 0.0476. The number of rotatable bonds is 6. The minimum Gasteiger partial charge on any atom is -0.469 e. The van der Waals surface area contributed by atoms with Crippen LogP contribution in [-0.4, -0.2) is 49.7 Å². The third kappa shape index (κ3) is 4.93. The van der Waals surface area contributed by atoms with Crippen LogP contribution in [0.2, 0.25) is 0 Å². The van der Waals surface area contributed by atoms with Crippen LogP contribution < -0.4 is 0 Å². The van der Waals surface area contributed by atoms with Gasteiger partial charge in [0, 0.05) is 25.1 Å². The van der Waals surface area contributed by atoms with Crippen molar-refractivity contribution in [1.82, 2.24) is 4.90 Å². The predicted octanol–water partition coefficient (Wildman–Crippen LogP) is 2.54. The zero-order valence-corrected chi connectivity index (χ0v) is 14.8. The lowest BCUT2D eigenvalue weighted by Gasteiger charge is -2.24. The molecule has 0 spiro atoms. The molecule has 1 aliphatic heterocycles. The van der Waals surface area contributed by atoms with E-state index in [1.54, 1.807) is 4.90 Å². The molecule has 0 bridgehead atoms. The average Bonchev–Trinajstić information content (AvgIpc) is 3.13. The summed E-state index contributed by atoms with van der Waals surface area (Å²) in [4.78, 5) is 25.6. The Labute approximate surface area is 141 Å². The number of halogens is 1. The molecule has 7 heteroatoms. The number of hydrogen-bond acceptors (Lipinski definition) is 5. The molecule has 0 radical (unpaired) electrons. The van der Waals surface area contributed by atoms with Crippen molar-refractivity contribution in [2.45, 2.75) is 25.4 Å². The Bertz CT molecular complexity index is 499. The number of esters is 1. The molecule has 1 atom stereocenters. The normalized spacial score (nSPS) is 17.7. The Balaban J connectivity index is 2.02. The Hall–Kier alpha value is -0.670. The van der Waals surface area contributed by atoms with E-state index in [1.807, 2.05) is 11.4 Å². The second kappa shape index (κ2) is 8.09. The molecule has 1 fully saturated rings. The highest BCUT2D eigenvalue weighted by molar-refractivity contribution is 14.1. The van der Waals surface area contributed by atoms with Crippen LogP contribution in [0.3, 0.4) is 0 Å². The summed E-state index contributed by atoms with van der Waals surface area (Å²) in [6.07, 6.45) is 2.27. The minimum atomic E-state index is -0.306. The van der Waals surface area contributed by atoms with Gasteiger partial charge in [0.25, 0.3) is 5.91 Å². The molecule has 116 valence electrons. The lowest BCUT2D eigenvalue weighted by molar-refractivity contribution is -0.140. The molecule has 0 N–H and O–H groups in total. The van der Waals surface area contributed by atoms with Gasteiger partial charge in [-0.25, -0.2) is 0 Å². The highest BCUT2D eigenvalue weighted by atomic mass is 127. The van der Waals surface area contributed by atoms with Crippen LogP contribution in [0.15, 0.2) is 11.4 Å². The third-order valence-electron chi connectivity index (χ3n) is 3.36. The number of carbonyl (C=O) groups is 2. The van der Waals surface area contributed by atoms with Gasteiger partial charge >= 0.3 is 5.97 Å². The molecule has 0 aliphatic carbocycles. The smallest absolute Gasteiger partial charge is 0.307 e. The van der Waals surface area contributed by atoms with E-state index in [9.17, 15) is 9.59 Å². The highest BCUT2D eigenvalue weighted by Gasteiger charge is 2.24. The van der Waals surface area contributed by atoms with Gasteiger partial charge in [-0.3, -0.25) is 9.59 Å². The van der Waals surface area contributed by atoms with Gasteiger partial charge in [-0.05, 0) is 41.5 Å². The summed E-state index contributed by atoms with van der Waals surface area (Å²) in [6.45, 7) is 1.64. The molecule has 0 aromatic carbocycles. The molecular weight excluding hydrogens is 405 g/mol. The second-order valence-corrected chi connectivity index (χ2v) is 7.66. The molecule has 1 unspecified atom stereocenters. The van der Waals surface area contributed by atoms with Gasteiger partial charge in [0.15, 0.2) is 0 Å². The summed E-state index contributed by atoms with van der Waals surface area (Å²) in [5.41, 5.74) is 0.673. The zero-order valence-electron chi connectivity index (χ0n) is 11.8. The molecule has 1 aromatic rings. The largest absolute Gasteiger partial charge is 0.469 e. The van der Waals surface area contributed by atoms with Gasteiger partial charge in [0.1, 0.15) is 0 Å². The van der Waals surface area contributed by atoms with Crippen LogP contribution in [0.1, 0.15) is 29.6 Å². The number of nitrogens with zero attached hydrogens (tertiary/aromatic N) is 1. The van der Waals surface area contributed by atoms with Gasteiger partial charge in [0.05, 0.1) is 28.1 Å². The highest BCUT2D eigenvalue weighted by Crippen LogP contribution is 2.20. The van der Waals surface area contributed by atoms with Crippen molar-refractivity contribution in [3.63, 3.8) is 0 Å². The van der Waals surface area contributed by atoms with Gasteiger partial charge in [-0.1, -0.05) is 0 Å². The van der Waals surface area contributed by atoms with Crippen LogP contribution in [0.5, 0.6) is 0 Å². The van der Waals surface area contributed by atoms with Crippen molar-refractivity contribution in [3.8, 4) is 0 Å². The van der Waals surface area contributed by atoms with Crippen molar-refractivity contribution in [1.29, 1.82) is 0 Å². The van der Waals surface area contributed by atoms with Crippen LogP contribution in [0.25, 0.3) is 0 Å². The van der Waals surface area contributed by atoms with Crippen LogP contribution in [-0.2, 0) is 14.3 Å². The van der Waals surface area contributed by atoms with Crippen LogP contribution in [0.4, 0.5) is 0 Å². The first-order valence-electron chi connectivity index (χ1n) is 6.82. The summed E-state index contributed by atoms with van der Waals surface area (Å²) in [6, 6.07) is 1.87. The van der Waals surface area contributed by atoms with Crippen LogP contribution >= 0.6 is 33.9 Å². The molecule has 5 nitrogen and oxygen atoms in total. The SMILES string of the molecule is COC(=O)CCN(CC1CCCO1)C(=O)c1csc(I)c1. The molecule has 21 heavy (non-hydrogen) atoms. The monoisotopic (exact) mass is 423 g/mol. The Morgan fingerprint density at radius 1 is 1.57 bits per heavy atom. The molecule has 1 aromatic heterocycles. The van der Waals surface area contributed by atoms with Crippen molar-refractivity contribution in [2.24, 2.45) is 0 Å². The fourth-order valence-corrected chi connectivity index (χ4v) is 3.56. The van der Waals surface area contributed by atoms with E-state index in [0.29, 0.717) is 18.7 Å². The van der Waals surface area contributed by atoms with E-state index < -0.39 is 0 Å². The zero-order chi connectivity index (χ0) is 15.2. The second-order valence-electron chi connectivity index (χ2n) is 4.85. The predicted molar refractivity (Wildman–Crippen MR) is 88.5 cm³/mol. The van der Waals surface area contributed by atoms with E-state index in [4.69, 9.17) is 4.74 Å². The summed E-state index contributed by atoms with van der Waals surface area (Å²) < 4.78 is 11.3. The van der Waals surface area contributed by atoms with Gasteiger partial charge in [-0.2, -0.15) is 0 Å². The van der Waals surface area contributed by atoms with E-state index in [1.165, 1.54) is 18.4 Å². The lowest BCUT2D eigenvalue weighted by Crippen LogP contribution is -2.38. The number of amides is 1. The lowest BCUT2D eigenvalue weighted by atomic mass is 10.2. The Morgan fingerprint density at radius 3 is 2.95 bits per heavy atom. The van der Waals surface area contributed by atoms with E-state index >= 15 is 0 Å². The first-order chi connectivity index (χ1) is 10.1. The van der Waals surface area contributed by atoms with Crippen LogP contribution in [0, 0.1) is 2.88 Å². The number of thiophene rings is 1. The van der Waals surface area contributed by atoms with Gasteiger partial charge in [0.2, 0.25) is 0 Å². The number of methoxy groups -OCH3 is 1. The van der Waals surface area contributed by atoms with Gasteiger partial charge < -0.3 is 14.4 Å². The molecule has 2 heterocycles. The third-order valence-corrected chi connectivity index (χ3v) is 5.15. The maximum Gasteiger partial charge on any atom is 0.307 e. The summed E-state index contributed by atoms with van der Waals surface area (Å²) >= 11 is 3.73. The molecule has 0 saturated carbocycles. The number of carbonyl (C=O) groups excluding carboxylic acids is 2. The standard InChI is InChI=1S/C14H18INO4S/c1-19-13(17)4-5-16(8-11-3-2-6-20-11)14(18)10-7-12(15)21-9-10/h7,9,11H,2-6,8H2,1H3. The molecule has 1 saturated heterocycles. The Kier molecular flexibility index (Phi) is 6.43. The summed E-state index contributed by atoms with van der Waals surface area (Å²) in [7, 11) is 1.36. The van der Waals surface area contributed by atoms with E-state index in [-0.39, 0.29) is 24.4 Å². The van der Waals surface area contributed by atoms with E-state index in [0.717, 1.165) is 22.3 Å². The quantitative estimate of drug-likeness (QED) is 0.522. The topological polar surface area (TPSA) is 55.8 Å². The van der Waals surface area contributed by atoms with Crippen molar-refractivity contribution >= 4 is 45.8 Å². The fraction of sp³-hybridized carbons (Fsp3) is 0.571. The molecule has 1 amide bonds. The first-order valence-corrected chi connectivity index (χ1v) is 8.77. The van der Waals surface area contributed by atoms with Gasteiger partial charge in [-0.15, -0.1) is 11.3 Å². The summed E-state index contributed by atoms with van der Waals surface area (Å²) in [5, 5.41) is 1.85.